The van der Waals surface area contributed by atoms with Crippen LogP contribution in [-0.4, -0.2) is 52.3 Å². The Bertz CT molecular complexity index is 423. The van der Waals surface area contributed by atoms with Crippen LogP contribution in [0.1, 0.15) is 20.3 Å². The van der Waals surface area contributed by atoms with Gasteiger partial charge in [-0.2, -0.15) is 0 Å². The monoisotopic (exact) mass is 275 g/mol. The molecule has 5 heteroatoms. The quantitative estimate of drug-likeness (QED) is 0.714. The van der Waals surface area contributed by atoms with E-state index in [0.717, 1.165) is 13.0 Å². The van der Waals surface area contributed by atoms with Crippen LogP contribution in [0.3, 0.4) is 0 Å². The summed E-state index contributed by atoms with van der Waals surface area (Å²) >= 11 is 0. The van der Waals surface area contributed by atoms with E-state index in [1.807, 2.05) is 18.2 Å². The van der Waals surface area contributed by atoms with Crippen LogP contribution < -0.4 is 0 Å². The fourth-order valence-corrected chi connectivity index (χ4v) is 2.67. The summed E-state index contributed by atoms with van der Waals surface area (Å²) in [5.41, 5.74) is 0. The fraction of sp³-hybridized carbons (Fsp3) is 0.533. The number of piperazine rings is 1. The van der Waals surface area contributed by atoms with E-state index in [4.69, 9.17) is 0 Å². The van der Waals surface area contributed by atoms with Crippen LogP contribution in [0.15, 0.2) is 30.6 Å². The van der Waals surface area contributed by atoms with Crippen molar-refractivity contribution in [2.75, 3.05) is 13.6 Å². The maximum absolute atomic E-state index is 11.8. The first-order valence-electron chi connectivity index (χ1n) is 6.94. The van der Waals surface area contributed by atoms with Gasteiger partial charge in [0.15, 0.2) is 0 Å². The van der Waals surface area contributed by atoms with Gasteiger partial charge in [-0.05, 0) is 31.4 Å². The number of amides is 2. The molecule has 0 bridgehead atoms. The van der Waals surface area contributed by atoms with Crippen LogP contribution in [0.5, 0.6) is 0 Å². The number of carbonyl (C=O) groups excluding carboxylic acids is 2. The van der Waals surface area contributed by atoms with Crippen LogP contribution in [0.2, 0.25) is 0 Å². The SMILES string of the molecule is CC1C(=O)N2C[C@@H](C)CC2C(=O)N1C.c1ccncc1. The Kier molecular flexibility index (Phi) is 4.37. The lowest BCUT2D eigenvalue weighted by molar-refractivity contribution is -0.156. The van der Waals surface area contributed by atoms with E-state index < -0.39 is 0 Å². The summed E-state index contributed by atoms with van der Waals surface area (Å²) < 4.78 is 0. The highest BCUT2D eigenvalue weighted by Gasteiger charge is 2.46. The van der Waals surface area contributed by atoms with Crippen molar-refractivity contribution in [2.24, 2.45) is 5.92 Å². The van der Waals surface area contributed by atoms with Crippen molar-refractivity contribution in [3.05, 3.63) is 30.6 Å². The zero-order valence-corrected chi connectivity index (χ0v) is 12.2. The second kappa shape index (κ2) is 6.03. The first-order valence-corrected chi connectivity index (χ1v) is 6.94. The number of hydrogen-bond acceptors (Lipinski definition) is 3. The highest BCUT2D eigenvalue weighted by atomic mass is 16.2. The average molecular weight is 275 g/mol. The predicted octanol–water partition coefficient (Wildman–Crippen LogP) is 1.17. The Labute approximate surface area is 119 Å². The lowest BCUT2D eigenvalue weighted by Crippen LogP contribution is -2.60. The molecule has 1 aromatic heterocycles. The summed E-state index contributed by atoms with van der Waals surface area (Å²) in [7, 11) is 1.71. The van der Waals surface area contributed by atoms with Crippen LogP contribution in [0.4, 0.5) is 0 Å². The van der Waals surface area contributed by atoms with Crippen LogP contribution in [0, 0.1) is 5.92 Å². The van der Waals surface area contributed by atoms with Gasteiger partial charge in [0.25, 0.3) is 0 Å². The maximum atomic E-state index is 11.8. The van der Waals surface area contributed by atoms with E-state index in [1.54, 1.807) is 36.2 Å². The van der Waals surface area contributed by atoms with Crippen LogP contribution >= 0.6 is 0 Å². The van der Waals surface area contributed by atoms with Gasteiger partial charge in [0, 0.05) is 26.0 Å². The molecule has 5 nitrogen and oxygen atoms in total. The Hall–Kier alpha value is -1.91. The number of nitrogens with zero attached hydrogens (tertiary/aromatic N) is 3. The number of likely N-dealkylation sites (N-methyl/N-ethyl adjacent to an activating group) is 1. The van der Waals surface area contributed by atoms with E-state index in [2.05, 4.69) is 11.9 Å². The molecule has 0 radical (unpaired) electrons. The van der Waals surface area contributed by atoms with Gasteiger partial charge in [0.1, 0.15) is 12.1 Å². The zero-order valence-electron chi connectivity index (χ0n) is 12.2. The third-order valence-electron chi connectivity index (χ3n) is 3.93. The topological polar surface area (TPSA) is 53.5 Å². The molecule has 2 aliphatic rings. The van der Waals surface area contributed by atoms with Crippen molar-refractivity contribution >= 4 is 11.8 Å². The fourth-order valence-electron chi connectivity index (χ4n) is 2.67. The summed E-state index contributed by atoms with van der Waals surface area (Å²) in [5, 5.41) is 0. The molecular weight excluding hydrogens is 254 g/mol. The van der Waals surface area contributed by atoms with E-state index in [-0.39, 0.29) is 23.9 Å². The third-order valence-corrected chi connectivity index (χ3v) is 3.93. The molecule has 0 N–H and O–H groups in total. The molecule has 0 spiro atoms. The summed E-state index contributed by atoms with van der Waals surface area (Å²) in [5.74, 6) is 0.648. The molecule has 0 saturated carbocycles. The van der Waals surface area contributed by atoms with Crippen molar-refractivity contribution in [3.8, 4) is 0 Å². The van der Waals surface area contributed by atoms with E-state index >= 15 is 0 Å². The van der Waals surface area contributed by atoms with Gasteiger partial charge in [-0.25, -0.2) is 0 Å². The van der Waals surface area contributed by atoms with Crippen LogP contribution in [0.25, 0.3) is 0 Å². The molecule has 3 heterocycles. The standard InChI is InChI=1S/C10H16N2O2.C5H5N/c1-6-4-8-10(14)11(3)7(2)9(13)12(8)5-6;1-2-4-6-5-3-1/h6-8H,4-5H2,1-3H3;1-5H/t6-,7?,8?;/m0./s1. The molecule has 0 aliphatic carbocycles. The van der Waals surface area contributed by atoms with Crippen molar-refractivity contribution in [1.29, 1.82) is 0 Å². The smallest absolute Gasteiger partial charge is 0.245 e. The first kappa shape index (κ1) is 14.5. The Morgan fingerprint density at radius 2 is 1.75 bits per heavy atom. The zero-order chi connectivity index (χ0) is 14.7. The summed E-state index contributed by atoms with van der Waals surface area (Å²) in [4.78, 5) is 30.8. The van der Waals surface area contributed by atoms with Crippen molar-refractivity contribution < 1.29 is 9.59 Å². The summed E-state index contributed by atoms with van der Waals surface area (Å²) in [6.45, 7) is 4.62. The van der Waals surface area contributed by atoms with E-state index in [9.17, 15) is 9.59 Å². The molecular formula is C15H21N3O2. The minimum Gasteiger partial charge on any atom is -0.332 e. The second-order valence-corrected chi connectivity index (χ2v) is 5.50. The molecule has 3 rings (SSSR count). The van der Waals surface area contributed by atoms with Gasteiger partial charge in [-0.3, -0.25) is 14.6 Å². The number of pyridine rings is 1. The highest BCUT2D eigenvalue weighted by Crippen LogP contribution is 2.29. The predicted molar refractivity (Wildman–Crippen MR) is 75.8 cm³/mol. The minimum absolute atomic E-state index is 0.0986. The largest absolute Gasteiger partial charge is 0.332 e. The first-order chi connectivity index (χ1) is 9.52. The molecule has 108 valence electrons. The molecule has 3 atom stereocenters. The lowest BCUT2D eigenvalue weighted by Gasteiger charge is -2.38. The Morgan fingerprint density at radius 1 is 1.10 bits per heavy atom. The second-order valence-electron chi connectivity index (χ2n) is 5.50. The number of aromatic nitrogens is 1. The van der Waals surface area contributed by atoms with Crippen LogP contribution in [-0.2, 0) is 9.59 Å². The van der Waals surface area contributed by atoms with Gasteiger partial charge in [-0.1, -0.05) is 13.0 Å². The normalized spacial score (nSPS) is 28.9. The molecule has 2 unspecified atom stereocenters. The number of carbonyl (C=O) groups is 2. The summed E-state index contributed by atoms with van der Waals surface area (Å²) in [6.07, 6.45) is 4.32. The Morgan fingerprint density at radius 3 is 2.25 bits per heavy atom. The molecule has 1 aromatic rings. The van der Waals surface area contributed by atoms with E-state index in [0.29, 0.717) is 5.92 Å². The van der Waals surface area contributed by atoms with E-state index in [1.165, 1.54) is 0 Å². The van der Waals surface area contributed by atoms with Crippen molar-refractivity contribution in [2.45, 2.75) is 32.4 Å². The highest BCUT2D eigenvalue weighted by molar-refractivity contribution is 5.97. The molecule has 20 heavy (non-hydrogen) atoms. The van der Waals surface area contributed by atoms with Gasteiger partial charge >= 0.3 is 0 Å². The van der Waals surface area contributed by atoms with Gasteiger partial charge in [0.2, 0.25) is 11.8 Å². The number of rotatable bonds is 0. The van der Waals surface area contributed by atoms with Gasteiger partial charge < -0.3 is 9.80 Å². The number of hydrogen-bond donors (Lipinski definition) is 0. The lowest BCUT2D eigenvalue weighted by atomic mass is 10.0. The number of fused-ring (bicyclic) bond motifs is 1. The Balaban J connectivity index is 0.000000205. The molecule has 0 aromatic carbocycles. The molecule has 2 aliphatic heterocycles. The van der Waals surface area contributed by atoms with Crippen molar-refractivity contribution in [3.63, 3.8) is 0 Å². The van der Waals surface area contributed by atoms with Gasteiger partial charge in [0.05, 0.1) is 0 Å². The van der Waals surface area contributed by atoms with Gasteiger partial charge in [-0.15, -0.1) is 0 Å². The molecule has 2 saturated heterocycles. The molecule has 2 amide bonds. The minimum atomic E-state index is -0.288. The third kappa shape index (κ3) is 2.81. The average Bonchev–Trinajstić information content (AvgIpc) is 2.87. The van der Waals surface area contributed by atoms with Crippen molar-refractivity contribution in [1.82, 2.24) is 14.8 Å². The maximum Gasteiger partial charge on any atom is 0.245 e. The molecule has 2 fully saturated rings. The summed E-state index contributed by atoms with van der Waals surface area (Å²) in [6, 6.07) is 5.25.